The number of aromatic carboxylic acids is 1. The molecule has 5 N–H and O–H groups in total. The van der Waals surface area contributed by atoms with Gasteiger partial charge in [-0.15, -0.1) is 0 Å². The van der Waals surface area contributed by atoms with Crippen molar-refractivity contribution in [3.63, 3.8) is 0 Å². The number of anilines is 1. The molecule has 2 rings (SSSR count). The number of carboxylic acid groups (broad SMARTS) is 1. The van der Waals surface area contributed by atoms with E-state index in [4.69, 9.17) is 15.9 Å². The Kier molecular flexibility index (Phi) is 3.25. The summed E-state index contributed by atoms with van der Waals surface area (Å²) in [4.78, 5) is 10.7. The molecule has 19 heavy (non-hydrogen) atoms. The van der Waals surface area contributed by atoms with Crippen LogP contribution in [-0.4, -0.2) is 36.7 Å². The summed E-state index contributed by atoms with van der Waals surface area (Å²) in [5, 5.41) is 18.2. The van der Waals surface area contributed by atoms with E-state index in [1.54, 1.807) is 0 Å². The van der Waals surface area contributed by atoms with E-state index < -0.39 is 21.5 Å². The van der Waals surface area contributed by atoms with Gasteiger partial charge in [-0.1, -0.05) is 0 Å². The largest absolute Gasteiger partial charge is 0.478 e. The van der Waals surface area contributed by atoms with E-state index in [9.17, 15) is 13.2 Å². The smallest absolute Gasteiger partial charge is 0.337 e. The predicted molar refractivity (Wildman–Crippen MR) is 67.2 cm³/mol. The van der Waals surface area contributed by atoms with E-state index in [-0.39, 0.29) is 22.8 Å². The van der Waals surface area contributed by atoms with Gasteiger partial charge in [0.05, 0.1) is 22.6 Å². The van der Waals surface area contributed by atoms with Crippen LogP contribution < -0.4 is 10.5 Å². The SMILES string of the molecule is Nc1ccc(S(=O)(=O)NC2(CO)CC2)c(C(=O)O)c1. The molecule has 1 fully saturated rings. The number of rotatable bonds is 5. The lowest BCUT2D eigenvalue weighted by molar-refractivity contribution is 0.0692. The van der Waals surface area contributed by atoms with E-state index in [0.717, 1.165) is 12.1 Å². The highest BCUT2D eigenvalue weighted by Gasteiger charge is 2.46. The monoisotopic (exact) mass is 286 g/mol. The van der Waals surface area contributed by atoms with Gasteiger partial charge in [0.25, 0.3) is 0 Å². The number of nitrogen functional groups attached to an aromatic ring is 1. The van der Waals surface area contributed by atoms with Gasteiger partial charge in [0.15, 0.2) is 0 Å². The van der Waals surface area contributed by atoms with Crippen LogP contribution in [0.1, 0.15) is 23.2 Å². The quantitative estimate of drug-likeness (QED) is 0.553. The average molecular weight is 286 g/mol. The summed E-state index contributed by atoms with van der Waals surface area (Å²) in [5.74, 6) is -1.37. The van der Waals surface area contributed by atoms with Crippen molar-refractivity contribution >= 4 is 21.7 Å². The Hall–Kier alpha value is -1.64. The van der Waals surface area contributed by atoms with Crippen molar-refractivity contribution < 1.29 is 23.4 Å². The second-order valence-corrected chi connectivity index (χ2v) is 6.26. The Morgan fingerprint density at radius 2 is 2.05 bits per heavy atom. The van der Waals surface area contributed by atoms with Crippen molar-refractivity contribution in [2.24, 2.45) is 0 Å². The molecule has 1 saturated carbocycles. The Morgan fingerprint density at radius 3 is 2.53 bits per heavy atom. The predicted octanol–water partition coefficient (Wildman–Crippen LogP) is -0.230. The minimum Gasteiger partial charge on any atom is -0.478 e. The minimum absolute atomic E-state index is 0.166. The fourth-order valence-corrected chi connectivity index (χ4v) is 3.36. The van der Waals surface area contributed by atoms with Crippen molar-refractivity contribution in [3.8, 4) is 0 Å². The second-order valence-electron chi connectivity index (χ2n) is 4.60. The van der Waals surface area contributed by atoms with Gasteiger partial charge >= 0.3 is 5.97 Å². The molecule has 8 heteroatoms. The lowest BCUT2D eigenvalue weighted by Gasteiger charge is -2.16. The van der Waals surface area contributed by atoms with Crippen LogP contribution >= 0.6 is 0 Å². The first-order valence-corrected chi connectivity index (χ1v) is 7.06. The van der Waals surface area contributed by atoms with E-state index in [0.29, 0.717) is 12.8 Å². The lowest BCUT2D eigenvalue weighted by Crippen LogP contribution is -2.40. The molecule has 0 aromatic heterocycles. The van der Waals surface area contributed by atoms with Gasteiger partial charge in [0, 0.05) is 5.69 Å². The van der Waals surface area contributed by atoms with Crippen LogP contribution in [0.15, 0.2) is 23.1 Å². The van der Waals surface area contributed by atoms with Crippen LogP contribution in [-0.2, 0) is 10.0 Å². The van der Waals surface area contributed by atoms with Crippen molar-refractivity contribution in [1.82, 2.24) is 4.72 Å². The Labute approximate surface area is 110 Å². The molecule has 1 aliphatic carbocycles. The molecule has 0 radical (unpaired) electrons. The maximum Gasteiger partial charge on any atom is 0.337 e. The van der Waals surface area contributed by atoms with Gasteiger partial charge in [-0.2, -0.15) is 0 Å². The van der Waals surface area contributed by atoms with E-state index in [1.807, 2.05) is 0 Å². The highest BCUT2D eigenvalue weighted by Crippen LogP contribution is 2.36. The third-order valence-corrected chi connectivity index (χ3v) is 4.67. The van der Waals surface area contributed by atoms with Crippen LogP contribution in [0, 0.1) is 0 Å². The Bertz CT molecular complexity index is 622. The summed E-state index contributed by atoms with van der Waals surface area (Å²) in [6, 6.07) is 3.56. The molecule has 0 bridgehead atoms. The fourth-order valence-electron chi connectivity index (χ4n) is 1.73. The van der Waals surface area contributed by atoms with E-state index in [1.165, 1.54) is 6.07 Å². The molecular weight excluding hydrogens is 272 g/mol. The molecule has 7 nitrogen and oxygen atoms in total. The number of carboxylic acids is 1. The van der Waals surface area contributed by atoms with Crippen molar-refractivity contribution in [2.75, 3.05) is 12.3 Å². The normalized spacial score (nSPS) is 17.1. The number of nitrogens with two attached hydrogens (primary N) is 1. The molecule has 104 valence electrons. The molecule has 1 aliphatic rings. The highest BCUT2D eigenvalue weighted by atomic mass is 32.2. The molecule has 1 aromatic rings. The van der Waals surface area contributed by atoms with Crippen molar-refractivity contribution in [1.29, 1.82) is 0 Å². The van der Waals surface area contributed by atoms with E-state index in [2.05, 4.69) is 4.72 Å². The summed E-state index contributed by atoms with van der Waals surface area (Å²) in [7, 11) is -4.01. The minimum atomic E-state index is -4.01. The first-order valence-electron chi connectivity index (χ1n) is 5.57. The Morgan fingerprint density at radius 1 is 1.42 bits per heavy atom. The number of hydrogen-bond acceptors (Lipinski definition) is 5. The van der Waals surface area contributed by atoms with Crippen LogP contribution in [0.5, 0.6) is 0 Å². The average Bonchev–Trinajstić information content (AvgIpc) is 3.08. The molecule has 0 atom stereocenters. The van der Waals surface area contributed by atoms with Gasteiger partial charge in [0.1, 0.15) is 0 Å². The van der Waals surface area contributed by atoms with Gasteiger partial charge in [-0.05, 0) is 31.0 Å². The molecule has 0 unspecified atom stereocenters. The maximum absolute atomic E-state index is 12.2. The molecular formula is C11H14N2O5S. The number of benzene rings is 1. The van der Waals surface area contributed by atoms with Gasteiger partial charge < -0.3 is 15.9 Å². The second kappa shape index (κ2) is 4.48. The third-order valence-electron chi connectivity index (χ3n) is 3.03. The fraction of sp³-hybridized carbons (Fsp3) is 0.364. The lowest BCUT2D eigenvalue weighted by atomic mass is 10.2. The van der Waals surface area contributed by atoms with Gasteiger partial charge in [-0.25, -0.2) is 17.9 Å². The van der Waals surface area contributed by atoms with Crippen molar-refractivity contribution in [2.45, 2.75) is 23.3 Å². The summed E-state index contributed by atoms with van der Waals surface area (Å²) in [6.45, 7) is -0.316. The summed E-state index contributed by atoms with van der Waals surface area (Å²) < 4.78 is 26.7. The highest BCUT2D eigenvalue weighted by molar-refractivity contribution is 7.89. The molecule has 0 spiro atoms. The first kappa shape index (κ1) is 13.8. The maximum atomic E-state index is 12.2. The Balaban J connectivity index is 2.43. The van der Waals surface area contributed by atoms with Crippen molar-refractivity contribution in [3.05, 3.63) is 23.8 Å². The summed E-state index contributed by atoms with van der Waals surface area (Å²) in [6.07, 6.45) is 1.06. The molecule has 0 heterocycles. The zero-order valence-corrected chi connectivity index (χ0v) is 10.8. The molecule has 0 amide bonds. The van der Waals surface area contributed by atoms with Crippen LogP contribution in [0.25, 0.3) is 0 Å². The molecule has 0 saturated heterocycles. The third kappa shape index (κ3) is 2.70. The standard InChI is InChI=1S/C11H14N2O5S/c12-7-1-2-9(8(5-7)10(15)16)19(17,18)13-11(6-14)3-4-11/h1-2,5,13-14H,3-4,6,12H2,(H,15,16). The number of carbonyl (C=O) groups is 1. The van der Waals surface area contributed by atoms with Gasteiger partial charge in [-0.3, -0.25) is 0 Å². The number of aliphatic hydroxyl groups excluding tert-OH is 1. The molecule has 0 aliphatic heterocycles. The van der Waals surface area contributed by atoms with Crippen LogP contribution in [0.2, 0.25) is 0 Å². The van der Waals surface area contributed by atoms with Crippen LogP contribution in [0.3, 0.4) is 0 Å². The van der Waals surface area contributed by atoms with E-state index >= 15 is 0 Å². The molecule has 1 aromatic carbocycles. The number of aliphatic hydroxyl groups is 1. The topological polar surface area (TPSA) is 130 Å². The van der Waals surface area contributed by atoms with Gasteiger partial charge in [0.2, 0.25) is 10.0 Å². The van der Waals surface area contributed by atoms with Crippen LogP contribution in [0.4, 0.5) is 5.69 Å². The number of nitrogens with one attached hydrogen (secondary N) is 1. The summed E-state index contributed by atoms with van der Waals surface area (Å²) in [5.41, 5.74) is 4.38. The zero-order chi connectivity index (χ0) is 14.3. The number of hydrogen-bond donors (Lipinski definition) is 4. The zero-order valence-electron chi connectivity index (χ0n) is 9.96. The number of sulfonamides is 1. The first-order chi connectivity index (χ1) is 8.80. The summed E-state index contributed by atoms with van der Waals surface area (Å²) >= 11 is 0.